The Labute approximate surface area is 154 Å². The molecule has 0 bridgehead atoms. The third-order valence-electron chi connectivity index (χ3n) is 5.45. The number of hydrogen-bond donors (Lipinski definition) is 0. The van der Waals surface area contributed by atoms with Gasteiger partial charge in [0, 0.05) is 37.3 Å². The minimum absolute atomic E-state index is 0.0467. The predicted molar refractivity (Wildman–Crippen MR) is 98.0 cm³/mol. The van der Waals surface area contributed by atoms with Gasteiger partial charge in [-0.3, -0.25) is 9.78 Å². The Hall–Kier alpha value is -2.14. The molecule has 138 valence electrons. The minimum Gasteiger partial charge on any atom is -0.459 e. The summed E-state index contributed by atoms with van der Waals surface area (Å²) in [5.41, 5.74) is 6.23. The van der Waals surface area contributed by atoms with Gasteiger partial charge in [0.05, 0.1) is 19.0 Å². The van der Waals surface area contributed by atoms with Gasteiger partial charge in [-0.05, 0) is 48.6 Å². The Bertz CT molecular complexity index is 798. The number of ether oxygens (including phenoxy) is 1. The lowest BCUT2D eigenvalue weighted by atomic mass is 9.89. The third kappa shape index (κ3) is 3.16. The predicted octanol–water partition coefficient (Wildman–Crippen LogP) is 3.68. The summed E-state index contributed by atoms with van der Waals surface area (Å²) in [5.74, 6) is 0.356. The fourth-order valence-electron chi connectivity index (χ4n) is 4.00. The number of aromatic nitrogens is 1. The maximum atomic E-state index is 12.7. The molecule has 4 heterocycles. The fourth-order valence-corrected chi connectivity index (χ4v) is 4.00. The highest BCUT2D eigenvalue weighted by atomic mass is 16.5. The maximum absolute atomic E-state index is 12.7. The monoisotopic (exact) mass is 354 g/mol. The van der Waals surface area contributed by atoms with E-state index in [9.17, 15) is 4.79 Å². The van der Waals surface area contributed by atoms with Crippen molar-refractivity contribution in [3.8, 4) is 0 Å². The van der Waals surface area contributed by atoms with Crippen LogP contribution < -0.4 is 0 Å². The number of nitrogens with zero attached hydrogens (tertiary/aromatic N) is 2. The number of rotatable bonds is 4. The molecule has 4 rings (SSSR count). The average Bonchev–Trinajstić information content (AvgIpc) is 3.19. The van der Waals surface area contributed by atoms with Gasteiger partial charge >= 0.3 is 0 Å². The number of carbonyl (C=O) groups excluding carboxylic acids is 1. The summed E-state index contributed by atoms with van der Waals surface area (Å²) < 4.78 is 11.2. The van der Waals surface area contributed by atoms with Gasteiger partial charge in [-0.1, -0.05) is 13.3 Å². The second-order valence-corrected chi connectivity index (χ2v) is 7.32. The summed E-state index contributed by atoms with van der Waals surface area (Å²) in [6, 6.07) is 3.48. The smallest absolute Gasteiger partial charge is 0.289 e. The van der Waals surface area contributed by atoms with Crippen molar-refractivity contribution in [3.63, 3.8) is 0 Å². The van der Waals surface area contributed by atoms with Crippen molar-refractivity contribution >= 4 is 5.91 Å². The van der Waals surface area contributed by atoms with E-state index in [1.807, 2.05) is 4.90 Å². The largest absolute Gasteiger partial charge is 0.459 e. The van der Waals surface area contributed by atoms with E-state index in [2.05, 4.69) is 13.8 Å². The van der Waals surface area contributed by atoms with Gasteiger partial charge in [0.25, 0.3) is 5.91 Å². The van der Waals surface area contributed by atoms with Gasteiger partial charge in [0.15, 0.2) is 5.76 Å². The van der Waals surface area contributed by atoms with Crippen molar-refractivity contribution in [1.29, 1.82) is 0 Å². The molecule has 0 radical (unpaired) electrons. The van der Waals surface area contributed by atoms with E-state index in [1.54, 1.807) is 18.4 Å². The van der Waals surface area contributed by atoms with Crippen molar-refractivity contribution in [3.05, 3.63) is 52.2 Å². The Morgan fingerprint density at radius 3 is 3.00 bits per heavy atom. The Morgan fingerprint density at radius 2 is 2.23 bits per heavy atom. The normalized spacial score (nSPS) is 19.2. The Balaban J connectivity index is 1.67. The SMILES string of the molecule is CCCCc1nc2c(c3c1C[C@H](C)OC3)CN(C(=O)c1ccco1)CC2. The molecular weight excluding hydrogens is 328 g/mol. The summed E-state index contributed by atoms with van der Waals surface area (Å²) in [4.78, 5) is 19.6. The van der Waals surface area contributed by atoms with Crippen LogP contribution in [0.5, 0.6) is 0 Å². The number of amides is 1. The number of carbonyl (C=O) groups is 1. The highest BCUT2D eigenvalue weighted by molar-refractivity contribution is 5.91. The molecule has 2 aromatic rings. The number of hydrogen-bond acceptors (Lipinski definition) is 4. The molecular formula is C21H26N2O3. The molecule has 0 saturated carbocycles. The molecule has 0 aliphatic carbocycles. The van der Waals surface area contributed by atoms with Crippen molar-refractivity contribution in [1.82, 2.24) is 9.88 Å². The van der Waals surface area contributed by atoms with E-state index < -0.39 is 0 Å². The van der Waals surface area contributed by atoms with E-state index >= 15 is 0 Å². The standard InChI is InChI=1S/C21H26N2O3/c1-3-4-6-18-15-11-14(2)26-13-17(15)16-12-23(9-8-19(16)22-18)21(24)20-7-5-10-25-20/h5,7,10,14H,3-4,6,8-9,11-13H2,1-2H3/t14-/m0/s1. The number of pyridine rings is 1. The summed E-state index contributed by atoms with van der Waals surface area (Å²) >= 11 is 0. The molecule has 2 aliphatic rings. The first kappa shape index (κ1) is 17.3. The Morgan fingerprint density at radius 1 is 1.35 bits per heavy atom. The van der Waals surface area contributed by atoms with Crippen molar-refractivity contribution in [2.24, 2.45) is 0 Å². The minimum atomic E-state index is -0.0467. The molecule has 0 fully saturated rings. The zero-order valence-electron chi connectivity index (χ0n) is 15.6. The molecule has 5 heteroatoms. The van der Waals surface area contributed by atoms with Crippen LogP contribution in [0.2, 0.25) is 0 Å². The lowest BCUT2D eigenvalue weighted by Gasteiger charge is -2.33. The van der Waals surface area contributed by atoms with Crippen LogP contribution in [0.15, 0.2) is 22.8 Å². The van der Waals surface area contributed by atoms with Crippen molar-refractivity contribution in [2.75, 3.05) is 6.54 Å². The quantitative estimate of drug-likeness (QED) is 0.840. The summed E-state index contributed by atoms with van der Waals surface area (Å²) in [7, 11) is 0. The van der Waals surface area contributed by atoms with Crippen molar-refractivity contribution in [2.45, 2.75) is 65.2 Å². The highest BCUT2D eigenvalue weighted by Gasteiger charge is 2.30. The number of unbranched alkanes of at least 4 members (excludes halogenated alkanes) is 1. The lowest BCUT2D eigenvalue weighted by molar-refractivity contribution is 0.0387. The third-order valence-corrected chi connectivity index (χ3v) is 5.45. The zero-order valence-corrected chi connectivity index (χ0v) is 15.6. The van der Waals surface area contributed by atoms with Crippen LogP contribution in [0.3, 0.4) is 0 Å². The molecule has 0 saturated heterocycles. The summed E-state index contributed by atoms with van der Waals surface area (Å²) in [5, 5.41) is 0. The van der Waals surface area contributed by atoms with E-state index in [0.29, 0.717) is 25.5 Å². The average molecular weight is 354 g/mol. The number of fused-ring (bicyclic) bond motifs is 3. The molecule has 2 aliphatic heterocycles. The van der Waals surface area contributed by atoms with Gasteiger partial charge < -0.3 is 14.1 Å². The summed E-state index contributed by atoms with van der Waals surface area (Å²) in [6.07, 6.45) is 6.86. The zero-order chi connectivity index (χ0) is 18.1. The van der Waals surface area contributed by atoms with Gasteiger partial charge in [-0.25, -0.2) is 0 Å². The van der Waals surface area contributed by atoms with Gasteiger partial charge in [0.1, 0.15) is 0 Å². The fraction of sp³-hybridized carbons (Fsp3) is 0.524. The first-order valence-electron chi connectivity index (χ1n) is 9.64. The first-order valence-corrected chi connectivity index (χ1v) is 9.64. The van der Waals surface area contributed by atoms with E-state index in [0.717, 1.165) is 31.4 Å². The number of furan rings is 1. The van der Waals surface area contributed by atoms with Gasteiger partial charge in [0.2, 0.25) is 0 Å². The van der Waals surface area contributed by atoms with E-state index in [1.165, 1.54) is 28.8 Å². The van der Waals surface area contributed by atoms with Crippen LogP contribution in [0.25, 0.3) is 0 Å². The number of aryl methyl sites for hydroxylation is 1. The maximum Gasteiger partial charge on any atom is 0.289 e. The molecule has 5 nitrogen and oxygen atoms in total. The molecule has 1 atom stereocenters. The second kappa shape index (κ2) is 7.23. The topological polar surface area (TPSA) is 55.6 Å². The van der Waals surface area contributed by atoms with Crippen LogP contribution in [0, 0.1) is 0 Å². The van der Waals surface area contributed by atoms with Crippen LogP contribution in [0.4, 0.5) is 0 Å². The van der Waals surface area contributed by atoms with Crippen LogP contribution >= 0.6 is 0 Å². The lowest BCUT2D eigenvalue weighted by Crippen LogP contribution is -2.38. The molecule has 0 N–H and O–H groups in total. The van der Waals surface area contributed by atoms with Crippen LogP contribution in [0.1, 0.15) is 65.3 Å². The molecule has 0 aromatic carbocycles. The summed E-state index contributed by atoms with van der Waals surface area (Å²) in [6.45, 7) is 6.25. The molecule has 1 amide bonds. The first-order chi connectivity index (χ1) is 12.7. The molecule has 0 unspecified atom stereocenters. The van der Waals surface area contributed by atoms with E-state index in [4.69, 9.17) is 14.1 Å². The van der Waals surface area contributed by atoms with Crippen LogP contribution in [-0.4, -0.2) is 28.4 Å². The van der Waals surface area contributed by atoms with Gasteiger partial charge in [-0.2, -0.15) is 0 Å². The molecule has 0 spiro atoms. The van der Waals surface area contributed by atoms with Gasteiger partial charge in [-0.15, -0.1) is 0 Å². The highest BCUT2D eigenvalue weighted by Crippen LogP contribution is 2.32. The Kier molecular flexibility index (Phi) is 4.81. The van der Waals surface area contributed by atoms with Crippen LogP contribution in [-0.2, 0) is 37.2 Å². The second-order valence-electron chi connectivity index (χ2n) is 7.32. The van der Waals surface area contributed by atoms with Crippen molar-refractivity contribution < 1.29 is 13.9 Å². The molecule has 2 aromatic heterocycles. The van der Waals surface area contributed by atoms with E-state index in [-0.39, 0.29) is 12.0 Å². The molecule has 26 heavy (non-hydrogen) atoms.